The van der Waals surface area contributed by atoms with Crippen molar-refractivity contribution in [3.05, 3.63) is 35.4 Å². The van der Waals surface area contributed by atoms with Crippen molar-refractivity contribution in [2.45, 2.75) is 38.6 Å². The zero-order chi connectivity index (χ0) is 18.2. The number of aryl methyl sites for hydroxylation is 1. The quantitative estimate of drug-likeness (QED) is 0.696. The molecule has 0 spiro atoms. The van der Waals surface area contributed by atoms with Crippen LogP contribution in [0.2, 0.25) is 0 Å². The second-order valence-corrected chi connectivity index (χ2v) is 7.61. The van der Waals surface area contributed by atoms with Crippen molar-refractivity contribution < 1.29 is 9.53 Å². The Bertz CT molecular complexity index is 559. The average molecular weight is 432 g/mol. The number of hydrogen-bond donors (Lipinski definition) is 2. The van der Waals surface area contributed by atoms with Crippen LogP contribution in [0.15, 0.2) is 24.3 Å². The fraction of sp³-hybridized carbons (Fsp3) is 0.667. The fourth-order valence-corrected chi connectivity index (χ4v) is 3.94. The van der Waals surface area contributed by atoms with Crippen LogP contribution in [-0.2, 0) is 9.53 Å². The lowest BCUT2D eigenvalue weighted by Crippen LogP contribution is -2.43. The van der Waals surface area contributed by atoms with E-state index in [1.165, 1.54) is 24.0 Å². The van der Waals surface area contributed by atoms with Crippen molar-refractivity contribution in [1.29, 1.82) is 0 Å². The van der Waals surface area contributed by atoms with Gasteiger partial charge in [0.1, 0.15) is 0 Å². The molecule has 2 aliphatic rings. The lowest BCUT2D eigenvalue weighted by atomic mass is 9.93. The largest absolute Gasteiger partial charge is 0.379 e. The highest BCUT2D eigenvalue weighted by Gasteiger charge is 2.23. The highest BCUT2D eigenvalue weighted by molar-refractivity contribution is 5.85. The highest BCUT2D eigenvalue weighted by Crippen LogP contribution is 2.22. The van der Waals surface area contributed by atoms with Crippen LogP contribution in [0.1, 0.15) is 42.9 Å². The van der Waals surface area contributed by atoms with Gasteiger partial charge in [0.25, 0.3) is 0 Å². The monoisotopic (exact) mass is 431 g/mol. The van der Waals surface area contributed by atoms with Gasteiger partial charge in [-0.15, -0.1) is 24.8 Å². The first kappa shape index (κ1) is 25.2. The summed E-state index contributed by atoms with van der Waals surface area (Å²) in [5.41, 5.74) is 2.54. The Balaban J connectivity index is 0.00000196. The first-order valence-electron chi connectivity index (χ1n) is 10.1. The molecular formula is C21H35Cl2N3O2. The lowest BCUT2D eigenvalue weighted by molar-refractivity contribution is -0.121. The van der Waals surface area contributed by atoms with Gasteiger partial charge in [-0.25, -0.2) is 0 Å². The number of carbonyl (C=O) groups is 1. The van der Waals surface area contributed by atoms with Crippen LogP contribution in [0.4, 0.5) is 0 Å². The minimum Gasteiger partial charge on any atom is -0.379 e. The number of carbonyl (C=O) groups excluding carboxylic acids is 1. The van der Waals surface area contributed by atoms with E-state index in [1.54, 1.807) is 0 Å². The molecule has 0 bridgehead atoms. The Labute approximate surface area is 181 Å². The molecule has 1 aromatic carbocycles. The normalized spacial score (nSPS) is 19.2. The molecule has 1 unspecified atom stereocenters. The van der Waals surface area contributed by atoms with Crippen molar-refractivity contribution in [2.75, 3.05) is 45.9 Å². The number of ether oxygens (including phenoxy) is 1. The molecule has 0 aliphatic carbocycles. The molecule has 2 fully saturated rings. The third-order valence-corrected chi connectivity index (χ3v) is 5.68. The van der Waals surface area contributed by atoms with Crippen LogP contribution < -0.4 is 10.6 Å². The molecule has 2 aliphatic heterocycles. The Kier molecular flexibility index (Phi) is 12.0. The maximum Gasteiger partial charge on any atom is 0.220 e. The molecule has 2 saturated heterocycles. The molecule has 5 nitrogen and oxygen atoms in total. The minimum absolute atomic E-state index is 0. The maximum absolute atomic E-state index is 12.4. The summed E-state index contributed by atoms with van der Waals surface area (Å²) in [5.74, 6) is 0.892. The van der Waals surface area contributed by atoms with E-state index in [0.29, 0.717) is 18.9 Å². The molecular weight excluding hydrogens is 397 g/mol. The van der Waals surface area contributed by atoms with E-state index in [1.807, 2.05) is 0 Å². The van der Waals surface area contributed by atoms with E-state index in [4.69, 9.17) is 4.74 Å². The summed E-state index contributed by atoms with van der Waals surface area (Å²) in [5, 5.41) is 6.58. The van der Waals surface area contributed by atoms with Crippen LogP contribution in [0.3, 0.4) is 0 Å². The van der Waals surface area contributed by atoms with Gasteiger partial charge in [-0.1, -0.05) is 29.8 Å². The average Bonchev–Trinajstić information content (AvgIpc) is 2.69. The van der Waals surface area contributed by atoms with Gasteiger partial charge in [-0.05, 0) is 50.8 Å². The summed E-state index contributed by atoms with van der Waals surface area (Å²) in [6, 6.07) is 8.92. The topological polar surface area (TPSA) is 53.6 Å². The summed E-state index contributed by atoms with van der Waals surface area (Å²) < 4.78 is 5.50. The number of benzene rings is 1. The Hall–Kier alpha value is -0.850. The predicted molar refractivity (Wildman–Crippen MR) is 119 cm³/mol. The molecule has 1 atom stereocenters. The highest BCUT2D eigenvalue weighted by atomic mass is 35.5. The Morgan fingerprint density at radius 2 is 1.82 bits per heavy atom. The van der Waals surface area contributed by atoms with Crippen molar-refractivity contribution in [3.8, 4) is 0 Å². The van der Waals surface area contributed by atoms with Gasteiger partial charge in [0.2, 0.25) is 5.91 Å². The van der Waals surface area contributed by atoms with Crippen molar-refractivity contribution in [3.63, 3.8) is 0 Å². The van der Waals surface area contributed by atoms with Crippen LogP contribution in [0, 0.1) is 12.8 Å². The smallest absolute Gasteiger partial charge is 0.220 e. The molecule has 1 amide bonds. The summed E-state index contributed by atoms with van der Waals surface area (Å²) in [6.45, 7) is 8.35. The molecule has 0 saturated carbocycles. The number of halogens is 2. The number of piperidine rings is 1. The molecule has 7 heteroatoms. The maximum atomic E-state index is 12.4. The van der Waals surface area contributed by atoms with E-state index < -0.39 is 0 Å². The summed E-state index contributed by atoms with van der Waals surface area (Å²) in [6.07, 6.45) is 4.06. The van der Waals surface area contributed by atoms with Gasteiger partial charge >= 0.3 is 0 Å². The molecule has 160 valence electrons. The zero-order valence-electron chi connectivity index (χ0n) is 16.8. The fourth-order valence-electron chi connectivity index (χ4n) is 3.94. The lowest BCUT2D eigenvalue weighted by Gasteiger charge is -2.35. The van der Waals surface area contributed by atoms with Gasteiger partial charge in [-0.3, -0.25) is 9.69 Å². The standard InChI is InChI=1S/C21H33N3O2.2ClH/c1-17-2-5-19(6-3-17)20(24-12-14-26-15-13-24)16-23-21(25)7-4-18-8-10-22-11-9-18;;/h2-3,5-6,18,20,22H,4,7-16H2,1H3,(H,23,25);2*1H. The van der Waals surface area contributed by atoms with Crippen molar-refractivity contribution >= 4 is 30.7 Å². The van der Waals surface area contributed by atoms with Crippen LogP contribution in [-0.4, -0.2) is 56.7 Å². The van der Waals surface area contributed by atoms with Crippen LogP contribution in [0.25, 0.3) is 0 Å². The number of morpholine rings is 1. The predicted octanol–water partition coefficient (Wildman–Crippen LogP) is 3.11. The molecule has 3 rings (SSSR count). The van der Waals surface area contributed by atoms with E-state index >= 15 is 0 Å². The number of amides is 1. The molecule has 1 aromatic rings. The number of hydrogen-bond acceptors (Lipinski definition) is 4. The summed E-state index contributed by atoms with van der Waals surface area (Å²) in [4.78, 5) is 14.8. The first-order valence-corrected chi connectivity index (χ1v) is 10.1. The first-order chi connectivity index (χ1) is 12.7. The van der Waals surface area contributed by atoms with Gasteiger partial charge in [0.15, 0.2) is 0 Å². The SMILES string of the molecule is Cc1ccc(C(CNC(=O)CCC2CCNCC2)N2CCOCC2)cc1.Cl.Cl. The van der Waals surface area contributed by atoms with Crippen LogP contribution >= 0.6 is 24.8 Å². The number of rotatable bonds is 7. The van der Waals surface area contributed by atoms with Crippen LogP contribution in [0.5, 0.6) is 0 Å². The van der Waals surface area contributed by atoms with Gasteiger partial charge in [0.05, 0.1) is 19.3 Å². The molecule has 2 N–H and O–H groups in total. The number of nitrogens with zero attached hydrogens (tertiary/aromatic N) is 1. The second kappa shape index (κ2) is 13.4. The van der Waals surface area contributed by atoms with Gasteiger partial charge in [0, 0.05) is 26.1 Å². The third-order valence-electron chi connectivity index (χ3n) is 5.68. The van der Waals surface area contributed by atoms with Gasteiger partial charge in [-0.2, -0.15) is 0 Å². The van der Waals surface area contributed by atoms with E-state index in [-0.39, 0.29) is 36.8 Å². The van der Waals surface area contributed by atoms with Crippen molar-refractivity contribution in [1.82, 2.24) is 15.5 Å². The summed E-state index contributed by atoms with van der Waals surface area (Å²) in [7, 11) is 0. The van der Waals surface area contributed by atoms with Gasteiger partial charge < -0.3 is 15.4 Å². The minimum atomic E-state index is 0. The number of nitrogens with one attached hydrogen (secondary N) is 2. The van der Waals surface area contributed by atoms with Crippen molar-refractivity contribution in [2.24, 2.45) is 5.92 Å². The van der Waals surface area contributed by atoms with E-state index in [0.717, 1.165) is 45.8 Å². The molecule has 2 heterocycles. The second-order valence-electron chi connectivity index (χ2n) is 7.61. The van der Waals surface area contributed by atoms with E-state index in [2.05, 4.69) is 46.7 Å². The Morgan fingerprint density at radius 1 is 1.18 bits per heavy atom. The summed E-state index contributed by atoms with van der Waals surface area (Å²) >= 11 is 0. The van der Waals surface area contributed by atoms with E-state index in [9.17, 15) is 4.79 Å². The molecule has 0 aromatic heterocycles. The molecule has 28 heavy (non-hydrogen) atoms. The molecule has 0 radical (unpaired) electrons. The third kappa shape index (κ3) is 7.88. The Morgan fingerprint density at radius 3 is 2.46 bits per heavy atom. The zero-order valence-corrected chi connectivity index (χ0v) is 18.5.